The van der Waals surface area contributed by atoms with Crippen LogP contribution in [0.1, 0.15) is 44.9 Å². The predicted molar refractivity (Wildman–Crippen MR) is 79.9 cm³/mol. The number of likely N-dealkylation sites (N-methyl/N-ethyl adjacent to an activating group) is 1. The van der Waals surface area contributed by atoms with Gasteiger partial charge >= 0.3 is 5.97 Å². The largest absolute Gasteiger partial charge is 0.477 e. The molecule has 2 heterocycles. The van der Waals surface area contributed by atoms with E-state index in [1.807, 2.05) is 0 Å². The molecule has 1 fully saturated rings. The molecule has 1 aromatic heterocycles. The molecule has 6 nitrogen and oxygen atoms in total. The van der Waals surface area contributed by atoms with E-state index in [0.29, 0.717) is 23.4 Å². The highest BCUT2D eigenvalue weighted by atomic mass is 16.4. The number of H-pyrrole nitrogens is 1. The minimum atomic E-state index is -1.03. The Morgan fingerprint density at radius 2 is 1.90 bits per heavy atom. The first-order valence-electron chi connectivity index (χ1n) is 7.32. The summed E-state index contributed by atoms with van der Waals surface area (Å²) in [4.78, 5) is 30.5. The summed E-state index contributed by atoms with van der Waals surface area (Å²) in [5, 5.41) is 9.11. The number of hydrogen-bond donors (Lipinski definition) is 2. The van der Waals surface area contributed by atoms with E-state index in [9.17, 15) is 9.59 Å². The molecule has 0 spiro atoms. The van der Waals surface area contributed by atoms with Crippen molar-refractivity contribution in [2.75, 3.05) is 33.2 Å². The third-order valence-corrected chi connectivity index (χ3v) is 4.16. The van der Waals surface area contributed by atoms with Gasteiger partial charge in [-0.1, -0.05) is 0 Å². The van der Waals surface area contributed by atoms with Gasteiger partial charge in [0.1, 0.15) is 5.69 Å². The number of nitrogens with zero attached hydrogens (tertiary/aromatic N) is 2. The molecular formula is C15H23N3O3. The summed E-state index contributed by atoms with van der Waals surface area (Å²) in [6.07, 6.45) is 2.46. The summed E-state index contributed by atoms with van der Waals surface area (Å²) in [7, 11) is 1.77. The van der Waals surface area contributed by atoms with Crippen LogP contribution in [0.4, 0.5) is 0 Å². The highest BCUT2D eigenvalue weighted by molar-refractivity contribution is 6.00. The lowest BCUT2D eigenvalue weighted by Gasteiger charge is -2.21. The van der Waals surface area contributed by atoms with Crippen LogP contribution in [0.3, 0.4) is 0 Å². The number of carbonyl (C=O) groups is 2. The zero-order chi connectivity index (χ0) is 15.6. The van der Waals surface area contributed by atoms with Crippen molar-refractivity contribution in [1.29, 1.82) is 0 Å². The number of aryl methyl sites for hydroxylation is 1. The molecular weight excluding hydrogens is 270 g/mol. The Labute approximate surface area is 124 Å². The SMILES string of the molecule is Cc1[nH]c(C(=O)O)c(C)c1C(=O)N(C)CCN1CCCC1. The minimum Gasteiger partial charge on any atom is -0.477 e. The molecule has 0 bridgehead atoms. The van der Waals surface area contributed by atoms with Gasteiger partial charge in [-0.3, -0.25) is 4.79 Å². The number of aromatic carboxylic acids is 1. The second-order valence-corrected chi connectivity index (χ2v) is 5.71. The van der Waals surface area contributed by atoms with Gasteiger partial charge in [0.25, 0.3) is 5.91 Å². The Kier molecular flexibility index (Phi) is 4.67. The number of carboxylic acids is 1. The van der Waals surface area contributed by atoms with Gasteiger partial charge < -0.3 is 19.9 Å². The number of carboxylic acid groups (broad SMARTS) is 1. The van der Waals surface area contributed by atoms with Crippen molar-refractivity contribution in [3.63, 3.8) is 0 Å². The van der Waals surface area contributed by atoms with Crippen LogP contribution in [0, 0.1) is 13.8 Å². The maximum Gasteiger partial charge on any atom is 0.352 e. The molecule has 0 radical (unpaired) electrons. The molecule has 0 atom stereocenters. The van der Waals surface area contributed by atoms with E-state index in [1.165, 1.54) is 12.8 Å². The Morgan fingerprint density at radius 3 is 2.43 bits per heavy atom. The first kappa shape index (κ1) is 15.6. The number of amides is 1. The normalized spacial score (nSPS) is 15.4. The molecule has 1 aromatic rings. The molecule has 0 aliphatic carbocycles. The van der Waals surface area contributed by atoms with Gasteiger partial charge in [-0.25, -0.2) is 4.79 Å². The number of aromatic amines is 1. The second kappa shape index (κ2) is 6.30. The summed E-state index contributed by atoms with van der Waals surface area (Å²) in [5.41, 5.74) is 1.71. The van der Waals surface area contributed by atoms with Crippen LogP contribution < -0.4 is 0 Å². The Bertz CT molecular complexity index is 545. The van der Waals surface area contributed by atoms with Crippen molar-refractivity contribution in [1.82, 2.24) is 14.8 Å². The second-order valence-electron chi connectivity index (χ2n) is 5.71. The molecule has 1 saturated heterocycles. The first-order chi connectivity index (χ1) is 9.91. The Balaban J connectivity index is 2.06. The molecule has 0 saturated carbocycles. The monoisotopic (exact) mass is 293 g/mol. The average molecular weight is 293 g/mol. The lowest BCUT2D eigenvalue weighted by molar-refractivity contribution is 0.0690. The van der Waals surface area contributed by atoms with Crippen molar-refractivity contribution in [2.45, 2.75) is 26.7 Å². The highest BCUT2D eigenvalue weighted by Gasteiger charge is 2.24. The van der Waals surface area contributed by atoms with Crippen molar-refractivity contribution < 1.29 is 14.7 Å². The van der Waals surface area contributed by atoms with E-state index in [-0.39, 0.29) is 11.6 Å². The molecule has 2 rings (SSSR count). The van der Waals surface area contributed by atoms with E-state index in [0.717, 1.165) is 19.6 Å². The van der Waals surface area contributed by atoms with Crippen LogP contribution in [0.5, 0.6) is 0 Å². The van der Waals surface area contributed by atoms with Gasteiger partial charge in [0, 0.05) is 25.8 Å². The maximum atomic E-state index is 12.5. The number of hydrogen-bond acceptors (Lipinski definition) is 3. The van der Waals surface area contributed by atoms with Crippen molar-refractivity contribution in [2.24, 2.45) is 0 Å². The van der Waals surface area contributed by atoms with Crippen molar-refractivity contribution in [3.05, 3.63) is 22.5 Å². The smallest absolute Gasteiger partial charge is 0.352 e. The number of rotatable bonds is 5. The van der Waals surface area contributed by atoms with Gasteiger partial charge in [0.15, 0.2) is 0 Å². The number of aromatic nitrogens is 1. The summed E-state index contributed by atoms with van der Waals surface area (Å²) in [6.45, 7) is 7.15. The van der Waals surface area contributed by atoms with Gasteiger partial charge in [-0.2, -0.15) is 0 Å². The van der Waals surface area contributed by atoms with Gasteiger partial charge in [0.2, 0.25) is 0 Å². The Hall–Kier alpha value is -1.82. The van der Waals surface area contributed by atoms with E-state index in [2.05, 4.69) is 9.88 Å². The lowest BCUT2D eigenvalue weighted by atomic mass is 10.1. The third kappa shape index (κ3) is 3.26. The quantitative estimate of drug-likeness (QED) is 0.862. The van der Waals surface area contributed by atoms with Crippen LogP contribution >= 0.6 is 0 Å². The molecule has 1 aliphatic heterocycles. The number of carbonyl (C=O) groups excluding carboxylic acids is 1. The van der Waals surface area contributed by atoms with Gasteiger partial charge in [-0.15, -0.1) is 0 Å². The third-order valence-electron chi connectivity index (χ3n) is 4.16. The summed E-state index contributed by atoms with van der Waals surface area (Å²) >= 11 is 0. The summed E-state index contributed by atoms with van der Waals surface area (Å²) < 4.78 is 0. The van der Waals surface area contributed by atoms with Crippen LogP contribution in [0.15, 0.2) is 0 Å². The molecule has 21 heavy (non-hydrogen) atoms. The van der Waals surface area contributed by atoms with Crippen LogP contribution in [0.25, 0.3) is 0 Å². The summed E-state index contributed by atoms with van der Waals surface area (Å²) in [5.74, 6) is -1.15. The number of likely N-dealkylation sites (tertiary alicyclic amines) is 1. The molecule has 116 valence electrons. The Morgan fingerprint density at radius 1 is 1.29 bits per heavy atom. The topological polar surface area (TPSA) is 76.6 Å². The fourth-order valence-corrected chi connectivity index (χ4v) is 2.87. The van der Waals surface area contributed by atoms with E-state index in [1.54, 1.807) is 25.8 Å². The molecule has 0 unspecified atom stereocenters. The average Bonchev–Trinajstić information content (AvgIpc) is 3.03. The van der Waals surface area contributed by atoms with Crippen LogP contribution in [0.2, 0.25) is 0 Å². The molecule has 1 amide bonds. The number of nitrogens with one attached hydrogen (secondary N) is 1. The maximum absolute atomic E-state index is 12.5. The molecule has 0 aromatic carbocycles. The standard InChI is InChI=1S/C15H23N3O3/c1-10-12(11(2)16-13(10)15(20)21)14(19)17(3)8-9-18-6-4-5-7-18/h16H,4-9H2,1-3H3,(H,20,21). The van der Waals surface area contributed by atoms with E-state index < -0.39 is 5.97 Å². The van der Waals surface area contributed by atoms with Crippen LogP contribution in [-0.2, 0) is 0 Å². The minimum absolute atomic E-state index is 0.101. The van der Waals surface area contributed by atoms with Crippen LogP contribution in [-0.4, -0.2) is 65.0 Å². The highest BCUT2D eigenvalue weighted by Crippen LogP contribution is 2.19. The fourth-order valence-electron chi connectivity index (χ4n) is 2.87. The van der Waals surface area contributed by atoms with E-state index >= 15 is 0 Å². The van der Waals surface area contributed by atoms with Crippen molar-refractivity contribution >= 4 is 11.9 Å². The predicted octanol–water partition coefficient (Wildman–Crippen LogP) is 1.50. The van der Waals surface area contributed by atoms with Crippen molar-refractivity contribution in [3.8, 4) is 0 Å². The lowest BCUT2D eigenvalue weighted by Crippen LogP contribution is -2.35. The van der Waals surface area contributed by atoms with E-state index in [4.69, 9.17) is 5.11 Å². The zero-order valence-electron chi connectivity index (χ0n) is 12.9. The summed E-state index contributed by atoms with van der Waals surface area (Å²) in [6, 6.07) is 0. The first-order valence-corrected chi connectivity index (χ1v) is 7.32. The molecule has 1 aliphatic rings. The molecule has 2 N–H and O–H groups in total. The fraction of sp³-hybridized carbons (Fsp3) is 0.600. The van der Waals surface area contributed by atoms with Gasteiger partial charge in [0.05, 0.1) is 5.56 Å². The molecule has 6 heteroatoms. The van der Waals surface area contributed by atoms with Gasteiger partial charge in [-0.05, 0) is 45.3 Å². The zero-order valence-corrected chi connectivity index (χ0v) is 12.9.